The van der Waals surface area contributed by atoms with Gasteiger partial charge < -0.3 is 25.4 Å². The number of cyclic esters (lactones) is 1. The normalized spacial score (nSPS) is 23.9. The van der Waals surface area contributed by atoms with Crippen LogP contribution in [0.25, 0.3) is 0 Å². The monoisotopic (exact) mass is 432 g/mol. The summed E-state index contributed by atoms with van der Waals surface area (Å²) in [7, 11) is 1.52. The first-order chi connectivity index (χ1) is 14.9. The van der Waals surface area contributed by atoms with Crippen LogP contribution in [-0.2, 0) is 11.3 Å². The first-order valence-electron chi connectivity index (χ1n) is 10.2. The van der Waals surface area contributed by atoms with Crippen molar-refractivity contribution >= 4 is 17.6 Å². The van der Waals surface area contributed by atoms with E-state index in [9.17, 15) is 14.7 Å². The molecule has 1 aromatic heterocycles. The van der Waals surface area contributed by atoms with E-state index in [0.717, 1.165) is 19.3 Å². The third-order valence-corrected chi connectivity index (χ3v) is 5.90. The Kier molecular flexibility index (Phi) is 5.88. The number of Topliss-reactive ketones (excluding diaryl/α,β-unsaturated/α-hetero) is 1. The van der Waals surface area contributed by atoms with Gasteiger partial charge in [-0.1, -0.05) is 11.3 Å². The Balaban J connectivity index is 1.78. The number of amides is 1. The summed E-state index contributed by atoms with van der Waals surface area (Å²) in [5, 5.41) is 17.2. The minimum Gasteiger partial charge on any atom is -0.442 e. The number of ether oxygens (including phenoxy) is 1. The van der Waals surface area contributed by atoms with Gasteiger partial charge in [-0.2, -0.15) is 0 Å². The number of nitrogens with two attached hydrogens (primary N) is 1. The highest BCUT2D eigenvalue weighted by atomic mass is 19.1. The highest BCUT2D eigenvalue weighted by Crippen LogP contribution is 2.38. The molecule has 3 atom stereocenters. The SMILES string of the molecule is CN1C(=O)OC(Cn2ccnn2)C1c1ccc(N2CCCCC2N)c(F)c1C(=O)CO. The minimum absolute atomic E-state index is 0.174. The lowest BCUT2D eigenvalue weighted by Gasteiger charge is -2.36. The average molecular weight is 432 g/mol. The molecule has 0 saturated carbocycles. The van der Waals surface area contributed by atoms with Crippen LogP contribution in [0.4, 0.5) is 14.9 Å². The molecule has 0 aliphatic carbocycles. The molecule has 0 spiro atoms. The maximum atomic E-state index is 15.7. The number of rotatable bonds is 6. The number of aliphatic hydroxyl groups excluding tert-OH is 1. The zero-order valence-electron chi connectivity index (χ0n) is 17.1. The van der Waals surface area contributed by atoms with Crippen LogP contribution in [-0.4, -0.2) is 69.3 Å². The molecule has 1 aromatic carbocycles. The standard InChI is InChI=1S/C20H25FN6O4/c1-25-19(15(31-20(25)30)10-26-9-7-23-24-26)12-5-6-13(18(21)17(12)14(29)11-28)27-8-3-2-4-16(27)22/h5-7,9,15-16,19,28H,2-4,8,10-11,22H2,1H3. The van der Waals surface area contributed by atoms with E-state index in [2.05, 4.69) is 10.3 Å². The second kappa shape index (κ2) is 8.60. The molecular weight excluding hydrogens is 407 g/mol. The number of benzene rings is 1. The van der Waals surface area contributed by atoms with Gasteiger partial charge in [0, 0.05) is 19.8 Å². The molecule has 11 heteroatoms. The fourth-order valence-corrected chi connectivity index (χ4v) is 4.37. The maximum absolute atomic E-state index is 15.7. The van der Waals surface area contributed by atoms with E-state index in [-0.39, 0.29) is 29.5 Å². The zero-order valence-corrected chi connectivity index (χ0v) is 17.1. The quantitative estimate of drug-likeness (QED) is 0.649. The summed E-state index contributed by atoms with van der Waals surface area (Å²) in [5.74, 6) is -1.52. The Hall–Kier alpha value is -3.05. The first-order valence-corrected chi connectivity index (χ1v) is 10.2. The van der Waals surface area contributed by atoms with Crippen molar-refractivity contribution in [2.45, 2.75) is 44.1 Å². The summed E-state index contributed by atoms with van der Waals surface area (Å²) >= 11 is 0. The Morgan fingerprint density at radius 2 is 2.19 bits per heavy atom. The van der Waals surface area contributed by atoms with E-state index in [1.54, 1.807) is 23.2 Å². The number of halogens is 1. The topological polar surface area (TPSA) is 127 Å². The van der Waals surface area contributed by atoms with Crippen LogP contribution >= 0.6 is 0 Å². The number of ketones is 1. The number of likely N-dealkylation sites (N-methyl/N-ethyl adjacent to an activating group) is 1. The molecule has 0 bridgehead atoms. The molecule has 0 radical (unpaired) electrons. The summed E-state index contributed by atoms with van der Waals surface area (Å²) in [6, 6.07) is 2.44. The van der Waals surface area contributed by atoms with Crippen molar-refractivity contribution in [3.63, 3.8) is 0 Å². The van der Waals surface area contributed by atoms with Gasteiger partial charge in [0.25, 0.3) is 0 Å². The largest absolute Gasteiger partial charge is 0.442 e. The van der Waals surface area contributed by atoms with Crippen LogP contribution in [0, 0.1) is 5.82 Å². The number of carbonyl (C=O) groups is 2. The number of hydrogen-bond acceptors (Lipinski definition) is 8. The van der Waals surface area contributed by atoms with Gasteiger partial charge in [-0.05, 0) is 30.9 Å². The number of aliphatic hydroxyl groups is 1. The third kappa shape index (κ3) is 3.86. The molecule has 2 fully saturated rings. The van der Waals surface area contributed by atoms with Crippen LogP contribution < -0.4 is 10.6 Å². The van der Waals surface area contributed by atoms with Crippen molar-refractivity contribution in [2.75, 3.05) is 25.1 Å². The summed E-state index contributed by atoms with van der Waals surface area (Å²) in [4.78, 5) is 28.0. The first kappa shape index (κ1) is 21.2. The number of hydrogen-bond donors (Lipinski definition) is 2. The van der Waals surface area contributed by atoms with Gasteiger partial charge in [0.1, 0.15) is 12.7 Å². The maximum Gasteiger partial charge on any atom is 0.410 e. The van der Waals surface area contributed by atoms with Gasteiger partial charge in [-0.3, -0.25) is 4.79 Å². The van der Waals surface area contributed by atoms with Gasteiger partial charge in [0.15, 0.2) is 11.6 Å². The van der Waals surface area contributed by atoms with Crippen LogP contribution in [0.3, 0.4) is 0 Å². The van der Waals surface area contributed by atoms with Crippen LogP contribution in [0.15, 0.2) is 24.5 Å². The lowest BCUT2D eigenvalue weighted by molar-refractivity contribution is 0.0895. The Bertz CT molecular complexity index is 969. The number of piperidine rings is 1. The molecule has 4 rings (SSSR count). The molecule has 31 heavy (non-hydrogen) atoms. The molecule has 166 valence electrons. The molecule has 3 unspecified atom stereocenters. The fraction of sp³-hybridized carbons (Fsp3) is 0.500. The number of aromatic nitrogens is 3. The highest BCUT2D eigenvalue weighted by Gasteiger charge is 2.43. The molecule has 2 saturated heterocycles. The molecule has 3 heterocycles. The second-order valence-electron chi connectivity index (χ2n) is 7.80. The van der Waals surface area contributed by atoms with E-state index in [1.165, 1.54) is 22.8 Å². The highest BCUT2D eigenvalue weighted by molar-refractivity contribution is 6.00. The number of anilines is 1. The number of carbonyl (C=O) groups excluding carboxylic acids is 2. The second-order valence-corrected chi connectivity index (χ2v) is 7.80. The summed E-state index contributed by atoms with van der Waals surface area (Å²) in [6.45, 7) is -0.115. The number of nitrogens with zero attached hydrogens (tertiary/aromatic N) is 5. The van der Waals surface area contributed by atoms with E-state index < -0.39 is 36.4 Å². The van der Waals surface area contributed by atoms with Gasteiger partial charge in [-0.25, -0.2) is 13.9 Å². The lowest BCUT2D eigenvalue weighted by atomic mass is 9.92. The van der Waals surface area contributed by atoms with Gasteiger partial charge in [0.05, 0.1) is 36.2 Å². The summed E-state index contributed by atoms with van der Waals surface area (Å²) in [5.41, 5.74) is 6.40. The van der Waals surface area contributed by atoms with Crippen LogP contribution in [0.2, 0.25) is 0 Å². The fourth-order valence-electron chi connectivity index (χ4n) is 4.37. The molecule has 2 aliphatic rings. The predicted octanol–water partition coefficient (Wildman–Crippen LogP) is 1.06. The molecule has 1 amide bonds. The van der Waals surface area contributed by atoms with Gasteiger partial charge in [0.2, 0.25) is 0 Å². The zero-order chi connectivity index (χ0) is 22.1. The smallest absolute Gasteiger partial charge is 0.410 e. The molecular formula is C20H25FN6O4. The van der Waals surface area contributed by atoms with Gasteiger partial charge in [-0.15, -0.1) is 5.10 Å². The molecule has 10 nitrogen and oxygen atoms in total. The summed E-state index contributed by atoms with van der Waals surface area (Å²) in [6.07, 6.45) is 3.97. The minimum atomic E-state index is -0.863. The van der Waals surface area contributed by atoms with Crippen molar-refractivity contribution in [3.05, 3.63) is 41.5 Å². The van der Waals surface area contributed by atoms with E-state index >= 15 is 4.39 Å². The Morgan fingerprint density at radius 1 is 1.39 bits per heavy atom. The van der Waals surface area contributed by atoms with E-state index in [1.807, 2.05) is 0 Å². The molecule has 2 aliphatic heterocycles. The summed E-state index contributed by atoms with van der Waals surface area (Å²) < 4.78 is 22.7. The Labute approximate surface area is 178 Å². The van der Waals surface area contributed by atoms with E-state index in [4.69, 9.17) is 10.5 Å². The Morgan fingerprint density at radius 3 is 2.87 bits per heavy atom. The lowest BCUT2D eigenvalue weighted by Crippen LogP contribution is -2.46. The van der Waals surface area contributed by atoms with Gasteiger partial charge >= 0.3 is 6.09 Å². The van der Waals surface area contributed by atoms with Crippen LogP contribution in [0.5, 0.6) is 0 Å². The van der Waals surface area contributed by atoms with Crippen molar-refractivity contribution in [2.24, 2.45) is 5.73 Å². The van der Waals surface area contributed by atoms with Crippen molar-refractivity contribution in [1.82, 2.24) is 19.9 Å². The predicted molar refractivity (Wildman–Crippen MR) is 108 cm³/mol. The van der Waals surface area contributed by atoms with Crippen molar-refractivity contribution < 1.29 is 23.8 Å². The molecule has 2 aromatic rings. The van der Waals surface area contributed by atoms with Crippen LogP contribution in [0.1, 0.15) is 41.2 Å². The van der Waals surface area contributed by atoms with Crippen molar-refractivity contribution in [1.29, 1.82) is 0 Å². The average Bonchev–Trinajstić information content (AvgIpc) is 3.36. The van der Waals surface area contributed by atoms with Crippen molar-refractivity contribution in [3.8, 4) is 0 Å². The third-order valence-electron chi connectivity index (χ3n) is 5.90. The molecule has 3 N–H and O–H groups in total. The van der Waals surface area contributed by atoms with E-state index in [0.29, 0.717) is 6.54 Å².